The highest BCUT2D eigenvalue weighted by Crippen LogP contribution is 2.54. The summed E-state index contributed by atoms with van der Waals surface area (Å²) in [5, 5.41) is 3.13. The smallest absolute Gasteiger partial charge is 0.289 e. The number of aryl methyl sites for hydroxylation is 1. The zero-order chi connectivity index (χ0) is 29.2. The normalized spacial score (nSPS) is 17.0. The molecule has 5 rings (SSSR count). The van der Waals surface area contributed by atoms with E-state index in [9.17, 15) is 4.79 Å². The Morgan fingerprint density at radius 3 is 2.24 bits per heavy atom. The highest BCUT2D eigenvalue weighted by atomic mass is 16.5. The van der Waals surface area contributed by atoms with Gasteiger partial charge in [0, 0.05) is 30.8 Å². The lowest BCUT2D eigenvalue weighted by atomic mass is 9.59. The molecule has 0 bridgehead atoms. The van der Waals surface area contributed by atoms with Crippen molar-refractivity contribution in [3.8, 4) is 5.88 Å². The molecule has 2 aliphatic rings. The van der Waals surface area contributed by atoms with Crippen LogP contribution >= 0.6 is 0 Å². The zero-order valence-corrected chi connectivity index (χ0v) is 25.5. The van der Waals surface area contributed by atoms with Crippen LogP contribution in [0.3, 0.4) is 0 Å². The van der Waals surface area contributed by atoms with E-state index in [-0.39, 0.29) is 17.8 Å². The number of nitrogens with one attached hydrogen (secondary N) is 1. The van der Waals surface area contributed by atoms with Crippen molar-refractivity contribution in [1.82, 2.24) is 20.2 Å². The third-order valence-electron chi connectivity index (χ3n) is 8.59. The first-order valence-corrected chi connectivity index (χ1v) is 15.0. The number of hydrogen-bond acceptors (Lipinski definition) is 5. The van der Waals surface area contributed by atoms with Crippen LogP contribution in [0.4, 0.5) is 0 Å². The first kappa shape index (κ1) is 29.0. The van der Waals surface area contributed by atoms with Gasteiger partial charge in [0.1, 0.15) is 6.10 Å². The summed E-state index contributed by atoms with van der Waals surface area (Å²) in [6.45, 7) is 12.8. The van der Waals surface area contributed by atoms with Gasteiger partial charge in [-0.1, -0.05) is 79.9 Å². The SMILES string of the molecule is CCCC(CC)Oc1ccnc(C(=O)NC(C)(C)c2ccc(C(=C3CC4(C3)CN(C)C4)c3ccc(C)cc3)cc2)n1. The van der Waals surface area contributed by atoms with Crippen LogP contribution in [0.15, 0.2) is 66.4 Å². The Labute approximate surface area is 245 Å². The molecule has 1 saturated carbocycles. The first-order valence-electron chi connectivity index (χ1n) is 15.0. The molecule has 2 heterocycles. The number of allylic oxidation sites excluding steroid dienone is 1. The number of hydrogen-bond donors (Lipinski definition) is 1. The minimum absolute atomic E-state index is 0.0843. The minimum atomic E-state index is -0.613. The van der Waals surface area contributed by atoms with Crippen molar-refractivity contribution in [2.75, 3.05) is 20.1 Å². The van der Waals surface area contributed by atoms with Gasteiger partial charge in [0.2, 0.25) is 11.7 Å². The van der Waals surface area contributed by atoms with E-state index in [0.29, 0.717) is 11.3 Å². The number of likely N-dealkylation sites (tertiary alicyclic amines) is 1. The average Bonchev–Trinajstić information content (AvgIpc) is 2.92. The maximum atomic E-state index is 13.2. The van der Waals surface area contributed by atoms with Crippen LogP contribution < -0.4 is 10.1 Å². The second kappa shape index (κ2) is 11.8. The van der Waals surface area contributed by atoms with Crippen molar-refractivity contribution < 1.29 is 9.53 Å². The Morgan fingerprint density at radius 1 is 1.02 bits per heavy atom. The Bertz CT molecular complexity index is 1390. The van der Waals surface area contributed by atoms with Gasteiger partial charge in [0.15, 0.2) is 0 Å². The molecular weight excluding hydrogens is 508 g/mol. The largest absolute Gasteiger partial charge is 0.474 e. The van der Waals surface area contributed by atoms with E-state index in [0.717, 1.165) is 24.8 Å². The van der Waals surface area contributed by atoms with Gasteiger partial charge in [-0.2, -0.15) is 4.98 Å². The molecule has 0 radical (unpaired) electrons. The van der Waals surface area contributed by atoms with E-state index < -0.39 is 5.54 Å². The number of rotatable bonds is 10. The maximum Gasteiger partial charge on any atom is 0.289 e. The predicted octanol–water partition coefficient (Wildman–Crippen LogP) is 6.94. The van der Waals surface area contributed by atoms with Crippen molar-refractivity contribution in [3.05, 3.63) is 94.4 Å². The van der Waals surface area contributed by atoms with Gasteiger partial charge < -0.3 is 15.0 Å². The first-order chi connectivity index (χ1) is 19.6. The second-order valence-electron chi connectivity index (χ2n) is 12.7. The van der Waals surface area contributed by atoms with Gasteiger partial charge in [-0.3, -0.25) is 4.79 Å². The summed E-state index contributed by atoms with van der Waals surface area (Å²) in [5.41, 5.74) is 7.56. The predicted molar refractivity (Wildman–Crippen MR) is 165 cm³/mol. The van der Waals surface area contributed by atoms with Crippen LogP contribution in [-0.4, -0.2) is 47.0 Å². The Kier molecular flexibility index (Phi) is 8.32. The molecule has 1 amide bonds. The molecule has 1 aromatic heterocycles. The monoisotopic (exact) mass is 552 g/mol. The van der Waals surface area contributed by atoms with E-state index in [1.807, 2.05) is 13.8 Å². The molecule has 1 saturated heterocycles. The van der Waals surface area contributed by atoms with Gasteiger partial charge in [-0.05, 0) is 75.8 Å². The number of carbonyl (C=O) groups excluding carboxylic acids is 1. The van der Waals surface area contributed by atoms with Crippen molar-refractivity contribution in [3.63, 3.8) is 0 Å². The zero-order valence-electron chi connectivity index (χ0n) is 25.5. The van der Waals surface area contributed by atoms with Gasteiger partial charge in [-0.15, -0.1) is 0 Å². The lowest BCUT2D eigenvalue weighted by Gasteiger charge is -2.56. The molecular formula is C35H44N4O2. The summed E-state index contributed by atoms with van der Waals surface area (Å²) in [6, 6.07) is 19.3. The van der Waals surface area contributed by atoms with Gasteiger partial charge >= 0.3 is 0 Å². The van der Waals surface area contributed by atoms with Crippen LogP contribution in [0, 0.1) is 12.3 Å². The second-order valence-corrected chi connectivity index (χ2v) is 12.7. The van der Waals surface area contributed by atoms with Gasteiger partial charge in [0.25, 0.3) is 5.91 Å². The van der Waals surface area contributed by atoms with Crippen LogP contribution in [-0.2, 0) is 5.54 Å². The van der Waals surface area contributed by atoms with Crippen LogP contribution in [0.2, 0.25) is 0 Å². The molecule has 216 valence electrons. The minimum Gasteiger partial charge on any atom is -0.474 e. The molecule has 3 aromatic rings. The maximum absolute atomic E-state index is 13.2. The van der Waals surface area contributed by atoms with Crippen LogP contribution in [0.5, 0.6) is 5.88 Å². The topological polar surface area (TPSA) is 67.3 Å². The standard InChI is InChI=1S/C35H44N4O2/c1-7-9-29(8-2)41-30-18-19-36-32(37-30)33(40)38-34(4,5)28-16-14-26(15-17-28)31(25-12-10-24(3)11-13-25)27-20-35(21-27)22-39(6)23-35/h10-19,29H,7-9,20-23H2,1-6H3,(H,38,40). The molecule has 6 nitrogen and oxygen atoms in total. The molecule has 41 heavy (non-hydrogen) atoms. The Hall–Kier alpha value is -3.51. The molecule has 2 fully saturated rings. The summed E-state index contributed by atoms with van der Waals surface area (Å²) >= 11 is 0. The van der Waals surface area contributed by atoms with Crippen molar-refractivity contribution in [2.45, 2.75) is 78.4 Å². The van der Waals surface area contributed by atoms with E-state index in [1.54, 1.807) is 17.8 Å². The fraction of sp³-hybridized carbons (Fsp3) is 0.457. The Balaban J connectivity index is 1.33. The van der Waals surface area contributed by atoms with Crippen LogP contribution in [0.1, 0.15) is 92.7 Å². The molecule has 1 N–H and O–H groups in total. The number of benzene rings is 2. The van der Waals surface area contributed by atoms with E-state index in [2.05, 4.69) is 96.5 Å². The molecule has 1 unspecified atom stereocenters. The highest BCUT2D eigenvalue weighted by Gasteiger charge is 2.49. The molecule has 1 spiro atoms. The molecule has 1 aliphatic heterocycles. The molecule has 6 heteroatoms. The third-order valence-corrected chi connectivity index (χ3v) is 8.59. The van der Waals surface area contributed by atoms with Crippen LogP contribution in [0.25, 0.3) is 5.57 Å². The van der Waals surface area contributed by atoms with Gasteiger partial charge in [0.05, 0.1) is 5.54 Å². The highest BCUT2D eigenvalue weighted by molar-refractivity contribution is 5.91. The Morgan fingerprint density at radius 2 is 1.66 bits per heavy atom. The third kappa shape index (κ3) is 6.38. The lowest BCUT2D eigenvalue weighted by molar-refractivity contribution is -0.0106. The van der Waals surface area contributed by atoms with E-state index >= 15 is 0 Å². The van der Waals surface area contributed by atoms with E-state index in [4.69, 9.17) is 4.74 Å². The summed E-state index contributed by atoms with van der Waals surface area (Å²) in [7, 11) is 2.21. The van der Waals surface area contributed by atoms with E-state index in [1.165, 1.54) is 48.2 Å². The fourth-order valence-electron chi connectivity index (χ4n) is 6.47. The lowest BCUT2D eigenvalue weighted by Crippen LogP contribution is -2.58. The quantitative estimate of drug-likeness (QED) is 0.295. The number of amides is 1. The van der Waals surface area contributed by atoms with Crippen molar-refractivity contribution >= 4 is 11.5 Å². The molecule has 1 aliphatic carbocycles. The number of aromatic nitrogens is 2. The van der Waals surface area contributed by atoms with Gasteiger partial charge in [-0.25, -0.2) is 4.98 Å². The van der Waals surface area contributed by atoms with Crippen molar-refractivity contribution in [2.24, 2.45) is 5.41 Å². The summed E-state index contributed by atoms with van der Waals surface area (Å²) in [6.07, 6.45) is 6.89. The molecule has 1 atom stereocenters. The number of carbonyl (C=O) groups is 1. The number of ether oxygens (including phenoxy) is 1. The fourth-order valence-corrected chi connectivity index (χ4v) is 6.47. The average molecular weight is 553 g/mol. The summed E-state index contributed by atoms with van der Waals surface area (Å²) < 4.78 is 6.01. The summed E-state index contributed by atoms with van der Waals surface area (Å²) in [5.74, 6) is 0.238. The molecule has 2 aromatic carbocycles. The number of nitrogens with zero attached hydrogens (tertiary/aromatic N) is 3. The van der Waals surface area contributed by atoms with Crippen molar-refractivity contribution in [1.29, 1.82) is 0 Å². The summed E-state index contributed by atoms with van der Waals surface area (Å²) in [4.78, 5) is 24.2.